The molecule has 0 saturated carbocycles. The minimum absolute atomic E-state index is 0.0164. The molecule has 0 heterocycles. The van der Waals surface area contributed by atoms with Crippen molar-refractivity contribution in [2.24, 2.45) is 5.92 Å². The topological polar surface area (TPSA) is 37.3 Å². The second-order valence-corrected chi connectivity index (χ2v) is 9.09. The first-order valence-electron chi connectivity index (χ1n) is 11.3. The van der Waals surface area contributed by atoms with Gasteiger partial charge in [0.25, 0.3) is 0 Å². The molecule has 2 aliphatic rings. The second-order valence-electron chi connectivity index (χ2n) is 9.09. The summed E-state index contributed by atoms with van der Waals surface area (Å²) in [4.78, 5) is 11.6. The van der Waals surface area contributed by atoms with Crippen molar-refractivity contribution in [2.45, 2.75) is 43.9 Å². The lowest BCUT2D eigenvalue weighted by atomic mass is 9.59. The number of aromatic carboxylic acids is 1. The summed E-state index contributed by atoms with van der Waals surface area (Å²) in [6.07, 6.45) is 8.77. The Morgan fingerprint density at radius 3 is 2.45 bits per heavy atom. The molecule has 0 amide bonds. The third-order valence-corrected chi connectivity index (χ3v) is 7.35. The Hall–Kier alpha value is -3.13. The van der Waals surface area contributed by atoms with Gasteiger partial charge in [0.05, 0.1) is 5.56 Å². The maximum absolute atomic E-state index is 11.6. The zero-order valence-corrected chi connectivity index (χ0v) is 17.8. The SMILES string of the molecule is O=C(O)c1ccc2c(c1)CCCC1CC(c3ccccc3)=CCC21Cc1ccccc1. The fourth-order valence-electron chi connectivity index (χ4n) is 5.84. The lowest BCUT2D eigenvalue weighted by Crippen LogP contribution is -2.39. The van der Waals surface area contributed by atoms with E-state index in [9.17, 15) is 9.90 Å². The number of benzene rings is 3. The highest BCUT2D eigenvalue weighted by molar-refractivity contribution is 5.88. The van der Waals surface area contributed by atoms with Crippen LogP contribution in [0.5, 0.6) is 0 Å². The van der Waals surface area contributed by atoms with Crippen molar-refractivity contribution in [2.75, 3.05) is 0 Å². The summed E-state index contributed by atoms with van der Waals surface area (Å²) in [5.41, 5.74) is 7.17. The molecule has 5 rings (SSSR count). The normalized spacial score (nSPS) is 22.6. The van der Waals surface area contributed by atoms with Gasteiger partial charge in [-0.15, -0.1) is 0 Å². The van der Waals surface area contributed by atoms with E-state index in [-0.39, 0.29) is 5.41 Å². The average Bonchev–Trinajstić information content (AvgIpc) is 2.96. The molecule has 0 saturated heterocycles. The van der Waals surface area contributed by atoms with Crippen LogP contribution in [-0.2, 0) is 18.3 Å². The molecular formula is C29H28O2. The summed E-state index contributed by atoms with van der Waals surface area (Å²) < 4.78 is 0. The van der Waals surface area contributed by atoms with E-state index in [0.29, 0.717) is 11.5 Å². The van der Waals surface area contributed by atoms with Gasteiger partial charge in [-0.05, 0) is 84.4 Å². The number of fused-ring (bicyclic) bond motifs is 3. The molecule has 0 spiro atoms. The molecule has 3 aromatic rings. The molecule has 2 atom stereocenters. The summed E-state index contributed by atoms with van der Waals surface area (Å²) in [6, 6.07) is 27.4. The van der Waals surface area contributed by atoms with Crippen molar-refractivity contribution >= 4 is 11.5 Å². The van der Waals surface area contributed by atoms with E-state index in [1.54, 1.807) is 0 Å². The Bertz CT molecular complexity index is 1110. The van der Waals surface area contributed by atoms with Crippen LogP contribution in [0.2, 0.25) is 0 Å². The Kier molecular flexibility index (Phi) is 5.23. The molecule has 0 fully saturated rings. The first kappa shape index (κ1) is 19.8. The predicted molar refractivity (Wildman–Crippen MR) is 125 cm³/mol. The molecule has 2 heteroatoms. The molecular weight excluding hydrogens is 380 g/mol. The van der Waals surface area contributed by atoms with Crippen LogP contribution in [0.15, 0.2) is 84.9 Å². The molecule has 0 bridgehead atoms. The van der Waals surface area contributed by atoms with Crippen LogP contribution in [0.4, 0.5) is 0 Å². The fourth-order valence-corrected chi connectivity index (χ4v) is 5.84. The maximum atomic E-state index is 11.6. The number of hydrogen-bond donors (Lipinski definition) is 1. The summed E-state index contributed by atoms with van der Waals surface area (Å²) in [5.74, 6) is -0.291. The number of carboxylic acid groups (broad SMARTS) is 1. The van der Waals surface area contributed by atoms with Gasteiger partial charge in [0.1, 0.15) is 0 Å². The Balaban J connectivity index is 1.63. The average molecular weight is 409 g/mol. The molecule has 2 unspecified atom stereocenters. The molecule has 156 valence electrons. The number of carboxylic acids is 1. The zero-order chi connectivity index (χ0) is 21.3. The van der Waals surface area contributed by atoms with E-state index in [0.717, 1.165) is 32.1 Å². The first-order chi connectivity index (χ1) is 15.2. The van der Waals surface area contributed by atoms with Crippen molar-refractivity contribution in [3.63, 3.8) is 0 Å². The van der Waals surface area contributed by atoms with E-state index in [1.807, 2.05) is 12.1 Å². The van der Waals surface area contributed by atoms with Crippen LogP contribution < -0.4 is 0 Å². The van der Waals surface area contributed by atoms with Crippen LogP contribution in [-0.4, -0.2) is 11.1 Å². The molecule has 2 nitrogen and oxygen atoms in total. The Morgan fingerprint density at radius 1 is 0.968 bits per heavy atom. The summed E-state index contributed by atoms with van der Waals surface area (Å²) >= 11 is 0. The van der Waals surface area contributed by atoms with Crippen LogP contribution in [0.1, 0.15) is 58.3 Å². The summed E-state index contributed by atoms with van der Waals surface area (Å²) in [5, 5.41) is 9.54. The van der Waals surface area contributed by atoms with Crippen molar-refractivity contribution in [1.82, 2.24) is 0 Å². The number of carbonyl (C=O) groups is 1. The molecule has 31 heavy (non-hydrogen) atoms. The van der Waals surface area contributed by atoms with Crippen LogP contribution >= 0.6 is 0 Å². The highest BCUT2D eigenvalue weighted by atomic mass is 16.4. The summed E-state index contributed by atoms with van der Waals surface area (Å²) in [7, 11) is 0. The monoisotopic (exact) mass is 408 g/mol. The van der Waals surface area contributed by atoms with E-state index in [2.05, 4.69) is 72.8 Å². The highest BCUT2D eigenvalue weighted by Crippen LogP contribution is 2.52. The molecule has 0 radical (unpaired) electrons. The van der Waals surface area contributed by atoms with Gasteiger partial charge >= 0.3 is 5.97 Å². The third kappa shape index (κ3) is 3.72. The number of allylic oxidation sites excluding steroid dienone is 2. The predicted octanol–water partition coefficient (Wildman–Crippen LogP) is 6.70. The number of aryl methyl sites for hydroxylation is 1. The Labute approximate surface area is 184 Å². The summed E-state index contributed by atoms with van der Waals surface area (Å²) in [6.45, 7) is 0. The van der Waals surface area contributed by atoms with Crippen molar-refractivity contribution in [3.05, 3.63) is 113 Å². The second kappa shape index (κ2) is 8.19. The van der Waals surface area contributed by atoms with Gasteiger partial charge < -0.3 is 5.11 Å². The molecule has 2 aliphatic carbocycles. The fraction of sp³-hybridized carbons (Fsp3) is 0.276. The Morgan fingerprint density at radius 2 is 1.71 bits per heavy atom. The highest BCUT2D eigenvalue weighted by Gasteiger charge is 2.44. The van der Waals surface area contributed by atoms with Crippen molar-refractivity contribution in [3.8, 4) is 0 Å². The van der Waals surface area contributed by atoms with Crippen LogP contribution in [0.25, 0.3) is 5.57 Å². The van der Waals surface area contributed by atoms with Gasteiger partial charge in [-0.1, -0.05) is 72.8 Å². The molecule has 3 aromatic carbocycles. The van der Waals surface area contributed by atoms with Crippen LogP contribution in [0.3, 0.4) is 0 Å². The first-order valence-corrected chi connectivity index (χ1v) is 11.3. The van der Waals surface area contributed by atoms with Gasteiger partial charge in [-0.25, -0.2) is 4.79 Å². The van der Waals surface area contributed by atoms with E-state index >= 15 is 0 Å². The quantitative estimate of drug-likeness (QED) is 0.522. The van der Waals surface area contributed by atoms with Crippen molar-refractivity contribution in [1.29, 1.82) is 0 Å². The minimum Gasteiger partial charge on any atom is -0.478 e. The van der Waals surface area contributed by atoms with Gasteiger partial charge in [-0.3, -0.25) is 0 Å². The lowest BCUT2D eigenvalue weighted by Gasteiger charge is -2.44. The molecule has 0 aliphatic heterocycles. The molecule has 0 aromatic heterocycles. The number of hydrogen-bond acceptors (Lipinski definition) is 1. The number of rotatable bonds is 4. The largest absolute Gasteiger partial charge is 0.478 e. The molecule has 1 N–H and O–H groups in total. The van der Waals surface area contributed by atoms with E-state index in [4.69, 9.17) is 0 Å². The van der Waals surface area contributed by atoms with Crippen LogP contribution in [0, 0.1) is 5.92 Å². The smallest absolute Gasteiger partial charge is 0.335 e. The lowest BCUT2D eigenvalue weighted by molar-refractivity contribution is 0.0696. The van der Waals surface area contributed by atoms with Gasteiger partial charge in [0.2, 0.25) is 0 Å². The van der Waals surface area contributed by atoms with Gasteiger partial charge in [0.15, 0.2) is 0 Å². The maximum Gasteiger partial charge on any atom is 0.335 e. The van der Waals surface area contributed by atoms with E-state index in [1.165, 1.54) is 34.2 Å². The standard InChI is InChI=1S/C29H28O2/c30-28(31)25-14-15-27-24(18-25)12-7-13-26-19-23(22-10-5-2-6-11-22)16-17-29(26,27)20-21-8-3-1-4-9-21/h1-6,8-11,14-16,18,26H,7,12-13,17,19-20H2,(H,30,31). The van der Waals surface area contributed by atoms with Crippen molar-refractivity contribution < 1.29 is 9.90 Å². The minimum atomic E-state index is -0.837. The van der Waals surface area contributed by atoms with Gasteiger partial charge in [0, 0.05) is 5.41 Å². The zero-order valence-electron chi connectivity index (χ0n) is 17.8. The van der Waals surface area contributed by atoms with Gasteiger partial charge in [-0.2, -0.15) is 0 Å². The third-order valence-electron chi connectivity index (χ3n) is 7.35. The van der Waals surface area contributed by atoms with E-state index < -0.39 is 5.97 Å².